The molecule has 110 valence electrons. The molecule has 0 spiro atoms. The summed E-state index contributed by atoms with van der Waals surface area (Å²) in [7, 11) is 4.41. The lowest BCUT2D eigenvalue weighted by atomic mass is 9.91. The van der Waals surface area contributed by atoms with Crippen LogP contribution in [0.2, 0.25) is 0 Å². The van der Waals surface area contributed by atoms with Gasteiger partial charge in [-0.25, -0.2) is 4.79 Å². The van der Waals surface area contributed by atoms with Gasteiger partial charge in [0.05, 0.1) is 0 Å². The largest absolute Gasteiger partial charge is 0.353 e. The van der Waals surface area contributed by atoms with Gasteiger partial charge in [-0.15, -0.1) is 0 Å². The van der Waals surface area contributed by atoms with E-state index in [2.05, 4.69) is 12.2 Å². The average Bonchev–Trinajstić information content (AvgIpc) is 2.62. The third kappa shape index (κ3) is 3.06. The Hall–Kier alpha value is -1.14. The maximum absolute atomic E-state index is 12.3. The molecule has 0 unspecified atom stereocenters. The van der Waals surface area contributed by atoms with Crippen LogP contribution in [0.3, 0.4) is 0 Å². The van der Waals surface area contributed by atoms with Crippen molar-refractivity contribution in [1.29, 1.82) is 0 Å². The Morgan fingerprint density at radius 3 is 2.26 bits per heavy atom. The van der Waals surface area contributed by atoms with E-state index in [9.17, 15) is 9.59 Å². The number of carbonyl (C=O) groups excluding carboxylic acids is 2. The fourth-order valence-electron chi connectivity index (χ4n) is 2.50. The van der Waals surface area contributed by atoms with Gasteiger partial charge >= 0.3 is 6.03 Å². The second kappa shape index (κ2) is 6.86. The highest BCUT2D eigenvalue weighted by molar-refractivity contribution is 6.07. The van der Waals surface area contributed by atoms with Gasteiger partial charge in [0.2, 0.25) is 0 Å². The minimum Gasteiger partial charge on any atom is -0.353 e. The first-order valence-corrected chi connectivity index (χ1v) is 6.69. The van der Waals surface area contributed by atoms with Gasteiger partial charge in [0.25, 0.3) is 5.91 Å². The molecule has 1 saturated heterocycles. The molecule has 1 rings (SSSR count). The number of likely N-dealkylation sites (N-methyl/N-ethyl adjacent to an activating group) is 1. The minimum atomic E-state index is -1.09. The van der Waals surface area contributed by atoms with Crippen molar-refractivity contribution in [3.05, 3.63) is 0 Å². The van der Waals surface area contributed by atoms with Crippen LogP contribution in [-0.2, 0) is 14.3 Å². The quantitative estimate of drug-likeness (QED) is 0.413. The maximum Gasteiger partial charge on any atom is 0.324 e. The Bertz CT molecular complexity index is 331. The molecule has 1 atom stereocenters. The molecule has 1 aliphatic heterocycles. The van der Waals surface area contributed by atoms with Crippen LogP contribution >= 0.6 is 0 Å². The van der Waals surface area contributed by atoms with Crippen molar-refractivity contribution in [2.45, 2.75) is 50.9 Å². The van der Waals surface area contributed by atoms with Crippen LogP contribution in [0.1, 0.15) is 39.0 Å². The Kier molecular flexibility index (Phi) is 5.75. The minimum absolute atomic E-state index is 0.289. The Balaban J connectivity index is 2.85. The van der Waals surface area contributed by atoms with Gasteiger partial charge in [0, 0.05) is 21.3 Å². The average molecular weight is 272 g/mol. The molecule has 0 radical (unpaired) electrons. The zero-order chi connectivity index (χ0) is 14.5. The molecule has 0 aromatic rings. The monoisotopic (exact) mass is 272 g/mol. The van der Waals surface area contributed by atoms with Gasteiger partial charge in [-0.2, -0.15) is 0 Å². The molecule has 0 saturated carbocycles. The molecule has 0 bridgehead atoms. The molecule has 6 nitrogen and oxygen atoms in total. The Labute approximate surface area is 114 Å². The van der Waals surface area contributed by atoms with Crippen molar-refractivity contribution in [2.75, 3.05) is 21.3 Å². The van der Waals surface area contributed by atoms with Crippen molar-refractivity contribution in [3.63, 3.8) is 0 Å². The fourth-order valence-corrected chi connectivity index (χ4v) is 2.50. The van der Waals surface area contributed by atoms with Gasteiger partial charge in [-0.3, -0.25) is 9.69 Å². The van der Waals surface area contributed by atoms with E-state index >= 15 is 0 Å². The molecule has 0 aromatic carbocycles. The third-order valence-corrected chi connectivity index (χ3v) is 3.58. The van der Waals surface area contributed by atoms with Crippen LogP contribution in [0.5, 0.6) is 0 Å². The lowest BCUT2D eigenvalue weighted by Gasteiger charge is -2.32. The number of imide groups is 1. The summed E-state index contributed by atoms with van der Waals surface area (Å²) in [5.41, 5.74) is -1.09. The number of unbranched alkanes of at least 4 members (excludes halogenated alkanes) is 3. The summed E-state index contributed by atoms with van der Waals surface area (Å²) >= 11 is 0. The first-order valence-electron chi connectivity index (χ1n) is 6.69. The van der Waals surface area contributed by atoms with Crippen LogP contribution in [0.25, 0.3) is 0 Å². The van der Waals surface area contributed by atoms with Crippen molar-refractivity contribution < 1.29 is 19.1 Å². The fraction of sp³-hybridized carbons (Fsp3) is 0.846. The highest BCUT2D eigenvalue weighted by Crippen LogP contribution is 2.29. The SMILES string of the molecule is CCCCCC[C@@]1(C(OC)OC)NC(=O)N(C)C1=O. The number of amides is 3. The number of nitrogens with one attached hydrogen (secondary N) is 1. The van der Waals surface area contributed by atoms with Crippen molar-refractivity contribution in [3.8, 4) is 0 Å². The predicted molar refractivity (Wildman–Crippen MR) is 70.6 cm³/mol. The van der Waals surface area contributed by atoms with E-state index in [0.29, 0.717) is 6.42 Å². The lowest BCUT2D eigenvalue weighted by molar-refractivity contribution is -0.169. The first-order chi connectivity index (χ1) is 9.03. The second-order valence-corrected chi connectivity index (χ2v) is 4.88. The molecule has 3 amide bonds. The standard InChI is InChI=1S/C13H24N2O4/c1-5-6-7-8-9-13(11(18-3)19-4)10(16)15(2)12(17)14-13/h11H,5-9H2,1-4H3,(H,14,17)/t13-/m1/s1. The molecular weight excluding hydrogens is 248 g/mol. The zero-order valence-corrected chi connectivity index (χ0v) is 12.2. The zero-order valence-electron chi connectivity index (χ0n) is 12.2. The van der Waals surface area contributed by atoms with Crippen LogP contribution < -0.4 is 5.32 Å². The van der Waals surface area contributed by atoms with Gasteiger partial charge in [0.1, 0.15) is 0 Å². The lowest BCUT2D eigenvalue weighted by Crippen LogP contribution is -2.57. The highest BCUT2D eigenvalue weighted by atomic mass is 16.7. The third-order valence-electron chi connectivity index (χ3n) is 3.58. The van der Waals surface area contributed by atoms with Crippen LogP contribution in [-0.4, -0.2) is 49.9 Å². The number of nitrogens with zero attached hydrogens (tertiary/aromatic N) is 1. The van der Waals surface area contributed by atoms with Gasteiger partial charge in [0.15, 0.2) is 11.8 Å². The molecular formula is C13H24N2O4. The molecule has 6 heteroatoms. The molecule has 1 aliphatic rings. The summed E-state index contributed by atoms with van der Waals surface area (Å²) in [5, 5.41) is 2.73. The van der Waals surface area contributed by atoms with Crippen LogP contribution in [0.4, 0.5) is 4.79 Å². The number of carbonyl (C=O) groups is 2. The Morgan fingerprint density at radius 2 is 1.84 bits per heavy atom. The molecule has 19 heavy (non-hydrogen) atoms. The summed E-state index contributed by atoms with van der Waals surface area (Å²) in [4.78, 5) is 25.1. The van der Waals surface area contributed by atoms with E-state index < -0.39 is 17.9 Å². The van der Waals surface area contributed by atoms with Gasteiger partial charge in [-0.05, 0) is 6.42 Å². The van der Waals surface area contributed by atoms with Crippen molar-refractivity contribution in [2.24, 2.45) is 0 Å². The number of ether oxygens (including phenoxy) is 2. The topological polar surface area (TPSA) is 67.9 Å². The number of methoxy groups -OCH3 is 2. The van der Waals surface area contributed by atoms with Gasteiger partial charge in [-0.1, -0.05) is 32.6 Å². The van der Waals surface area contributed by atoms with Crippen molar-refractivity contribution in [1.82, 2.24) is 10.2 Å². The second-order valence-electron chi connectivity index (χ2n) is 4.88. The van der Waals surface area contributed by atoms with E-state index in [1.54, 1.807) is 0 Å². The smallest absolute Gasteiger partial charge is 0.324 e. The molecule has 0 aromatic heterocycles. The van der Waals surface area contributed by atoms with Gasteiger partial charge < -0.3 is 14.8 Å². The summed E-state index contributed by atoms with van der Waals surface area (Å²) in [6.07, 6.45) is 3.84. The molecule has 0 aliphatic carbocycles. The van der Waals surface area contributed by atoms with E-state index in [4.69, 9.17) is 9.47 Å². The summed E-state index contributed by atoms with van der Waals surface area (Å²) in [5.74, 6) is -0.289. The van der Waals surface area contributed by atoms with Crippen molar-refractivity contribution >= 4 is 11.9 Å². The van der Waals surface area contributed by atoms with E-state index in [1.807, 2.05) is 0 Å². The predicted octanol–water partition coefficient (Wildman–Crippen LogP) is 1.50. The summed E-state index contributed by atoms with van der Waals surface area (Å²) in [6.45, 7) is 2.12. The molecule has 1 fully saturated rings. The normalized spacial score (nSPS) is 23.3. The summed E-state index contributed by atoms with van der Waals surface area (Å²) < 4.78 is 10.5. The highest BCUT2D eigenvalue weighted by Gasteiger charge is 2.55. The maximum atomic E-state index is 12.3. The first kappa shape index (κ1) is 15.9. The number of hydrogen-bond acceptors (Lipinski definition) is 4. The molecule has 1 heterocycles. The van der Waals surface area contributed by atoms with E-state index in [0.717, 1.165) is 30.6 Å². The van der Waals surface area contributed by atoms with E-state index in [1.165, 1.54) is 21.3 Å². The molecule has 1 N–H and O–H groups in total. The van der Waals surface area contributed by atoms with Crippen LogP contribution in [0, 0.1) is 0 Å². The summed E-state index contributed by atoms with van der Waals surface area (Å²) in [6, 6.07) is -0.403. The number of urea groups is 1. The number of hydrogen-bond donors (Lipinski definition) is 1. The van der Waals surface area contributed by atoms with E-state index in [-0.39, 0.29) is 5.91 Å². The number of rotatable bonds is 8. The van der Waals surface area contributed by atoms with Crippen LogP contribution in [0.15, 0.2) is 0 Å². The Morgan fingerprint density at radius 1 is 1.21 bits per heavy atom.